The van der Waals surface area contributed by atoms with Crippen molar-refractivity contribution in [3.8, 4) is 0 Å². The fraction of sp³-hybridized carbons (Fsp3) is 0.750. The van der Waals surface area contributed by atoms with E-state index in [9.17, 15) is 4.79 Å². The molecule has 2 atom stereocenters. The number of rotatable bonds is 3. The van der Waals surface area contributed by atoms with Gasteiger partial charge in [0.05, 0.1) is 18.2 Å². The van der Waals surface area contributed by atoms with E-state index in [4.69, 9.17) is 9.26 Å². The number of nitrogens with one attached hydrogen (secondary N) is 2. The lowest BCUT2D eigenvalue weighted by Gasteiger charge is -2.22. The van der Waals surface area contributed by atoms with Crippen molar-refractivity contribution in [2.45, 2.75) is 37.8 Å². The molecule has 1 aromatic heterocycles. The molecule has 2 aliphatic heterocycles. The first-order valence-corrected chi connectivity index (χ1v) is 6.64. The van der Waals surface area contributed by atoms with Crippen molar-refractivity contribution in [3.05, 3.63) is 11.7 Å². The molecule has 2 aliphatic rings. The van der Waals surface area contributed by atoms with Crippen LogP contribution in [-0.4, -0.2) is 41.3 Å². The Morgan fingerprint density at radius 1 is 1.58 bits per heavy atom. The second-order valence-electron chi connectivity index (χ2n) is 5.42. The second-order valence-corrected chi connectivity index (χ2v) is 5.42. The van der Waals surface area contributed by atoms with Crippen molar-refractivity contribution in [2.24, 2.45) is 0 Å². The van der Waals surface area contributed by atoms with Gasteiger partial charge < -0.3 is 19.9 Å². The Morgan fingerprint density at radius 2 is 2.47 bits per heavy atom. The maximum absolute atomic E-state index is 12.1. The predicted octanol–water partition coefficient (Wildman–Crippen LogP) is 0.403. The van der Waals surface area contributed by atoms with Crippen LogP contribution >= 0.6 is 0 Å². The van der Waals surface area contributed by atoms with Gasteiger partial charge in [-0.2, -0.15) is 4.98 Å². The Labute approximate surface area is 111 Å². The number of aromatic nitrogens is 2. The molecule has 0 spiro atoms. The Bertz CT molecular complexity index is 461. The molecular formula is C12H18N4O3. The largest absolute Gasteiger partial charge is 0.379 e. The maximum Gasteiger partial charge on any atom is 0.293 e. The first kappa shape index (κ1) is 12.6. The van der Waals surface area contributed by atoms with E-state index in [0.29, 0.717) is 19.1 Å². The lowest BCUT2D eigenvalue weighted by Crippen LogP contribution is -2.46. The highest BCUT2D eigenvalue weighted by Gasteiger charge is 2.33. The lowest BCUT2D eigenvalue weighted by molar-refractivity contribution is 0.0876. The van der Waals surface area contributed by atoms with Gasteiger partial charge in [-0.3, -0.25) is 4.79 Å². The van der Waals surface area contributed by atoms with Gasteiger partial charge in [0.2, 0.25) is 5.89 Å². The molecule has 0 aromatic carbocycles. The Kier molecular flexibility index (Phi) is 3.24. The number of nitrogens with zero attached hydrogens (tertiary/aromatic N) is 2. The Balaban J connectivity index is 1.66. The molecular weight excluding hydrogens is 248 g/mol. The van der Waals surface area contributed by atoms with Crippen molar-refractivity contribution in [1.82, 2.24) is 20.8 Å². The smallest absolute Gasteiger partial charge is 0.293 e. The third kappa shape index (κ3) is 2.62. The van der Waals surface area contributed by atoms with E-state index in [0.717, 1.165) is 25.8 Å². The third-order valence-electron chi connectivity index (χ3n) is 3.64. The van der Waals surface area contributed by atoms with Crippen LogP contribution in [0.15, 0.2) is 4.52 Å². The molecule has 0 saturated carbocycles. The van der Waals surface area contributed by atoms with Crippen molar-refractivity contribution < 1.29 is 14.1 Å². The number of carbonyl (C=O) groups is 1. The van der Waals surface area contributed by atoms with Crippen LogP contribution in [-0.2, 0) is 4.74 Å². The van der Waals surface area contributed by atoms with Crippen LogP contribution in [0.1, 0.15) is 48.7 Å². The topological polar surface area (TPSA) is 89.3 Å². The van der Waals surface area contributed by atoms with Crippen LogP contribution in [0.25, 0.3) is 0 Å². The number of ether oxygens (including phenoxy) is 1. The summed E-state index contributed by atoms with van der Waals surface area (Å²) >= 11 is 0. The molecule has 7 nitrogen and oxygen atoms in total. The van der Waals surface area contributed by atoms with Gasteiger partial charge in [-0.1, -0.05) is 5.16 Å². The number of hydrogen-bond acceptors (Lipinski definition) is 6. The number of amides is 1. The molecule has 104 valence electrons. The van der Waals surface area contributed by atoms with Crippen LogP contribution in [0.5, 0.6) is 0 Å². The molecule has 2 saturated heterocycles. The van der Waals surface area contributed by atoms with Gasteiger partial charge in [0.15, 0.2) is 0 Å². The van der Waals surface area contributed by atoms with Crippen molar-refractivity contribution in [3.63, 3.8) is 0 Å². The van der Waals surface area contributed by atoms with E-state index >= 15 is 0 Å². The van der Waals surface area contributed by atoms with Crippen molar-refractivity contribution in [1.29, 1.82) is 0 Å². The Hall–Kier alpha value is -1.47. The summed E-state index contributed by atoms with van der Waals surface area (Å²) in [7, 11) is 0. The van der Waals surface area contributed by atoms with Crippen LogP contribution in [0.3, 0.4) is 0 Å². The van der Waals surface area contributed by atoms with Crippen LogP contribution in [0, 0.1) is 0 Å². The molecule has 7 heteroatoms. The summed E-state index contributed by atoms with van der Waals surface area (Å²) in [6.45, 7) is 4.09. The van der Waals surface area contributed by atoms with Gasteiger partial charge in [0, 0.05) is 6.61 Å². The molecule has 1 amide bonds. The zero-order chi connectivity index (χ0) is 13.3. The minimum absolute atomic E-state index is 0.0828. The highest BCUT2D eigenvalue weighted by molar-refractivity contribution is 5.90. The lowest BCUT2D eigenvalue weighted by atomic mass is 10.0. The van der Waals surface area contributed by atoms with Gasteiger partial charge in [-0.15, -0.1) is 0 Å². The summed E-state index contributed by atoms with van der Waals surface area (Å²) in [4.78, 5) is 16.2. The molecule has 0 bridgehead atoms. The second kappa shape index (κ2) is 4.90. The molecule has 1 aromatic rings. The highest BCUT2D eigenvalue weighted by Crippen LogP contribution is 2.22. The van der Waals surface area contributed by atoms with E-state index in [1.165, 1.54) is 0 Å². The van der Waals surface area contributed by atoms with Gasteiger partial charge in [-0.25, -0.2) is 0 Å². The first-order chi connectivity index (χ1) is 9.16. The molecule has 2 unspecified atom stereocenters. The average Bonchev–Trinajstić information content (AvgIpc) is 3.09. The zero-order valence-corrected chi connectivity index (χ0v) is 10.9. The quantitative estimate of drug-likeness (QED) is 0.823. The van der Waals surface area contributed by atoms with E-state index < -0.39 is 0 Å². The third-order valence-corrected chi connectivity index (χ3v) is 3.64. The normalized spacial score (nSPS) is 30.7. The number of hydrogen-bond donors (Lipinski definition) is 2. The van der Waals surface area contributed by atoms with Gasteiger partial charge in [-0.05, 0) is 32.7 Å². The van der Waals surface area contributed by atoms with Gasteiger partial charge in [0.1, 0.15) is 0 Å². The summed E-state index contributed by atoms with van der Waals surface area (Å²) in [5.41, 5.74) is -0.330. The molecule has 3 rings (SSSR count). The molecule has 3 heterocycles. The Morgan fingerprint density at radius 3 is 3.16 bits per heavy atom. The minimum Gasteiger partial charge on any atom is -0.379 e. The van der Waals surface area contributed by atoms with Crippen LogP contribution < -0.4 is 10.6 Å². The van der Waals surface area contributed by atoms with Crippen LogP contribution in [0.2, 0.25) is 0 Å². The first-order valence-electron chi connectivity index (χ1n) is 6.64. The maximum atomic E-state index is 12.1. The molecule has 0 aliphatic carbocycles. The molecule has 0 radical (unpaired) electrons. The molecule has 19 heavy (non-hydrogen) atoms. The summed E-state index contributed by atoms with van der Waals surface area (Å²) in [5, 5.41) is 9.92. The van der Waals surface area contributed by atoms with Crippen molar-refractivity contribution >= 4 is 5.91 Å². The minimum atomic E-state index is -0.330. The molecule has 2 N–H and O–H groups in total. The summed E-state index contributed by atoms with van der Waals surface area (Å²) in [5.74, 6) is 0.285. The van der Waals surface area contributed by atoms with E-state index in [1.54, 1.807) is 0 Å². The van der Waals surface area contributed by atoms with E-state index in [2.05, 4.69) is 20.8 Å². The summed E-state index contributed by atoms with van der Waals surface area (Å²) < 4.78 is 10.4. The number of carbonyl (C=O) groups excluding carboxylic acids is 1. The fourth-order valence-corrected chi connectivity index (χ4v) is 2.46. The standard InChI is InChI=1S/C12H18N4O3/c1-12(4-6-18-7-12)15-10(17)9-14-11(19-16-9)8-3-2-5-13-8/h8,13H,2-7H2,1H3,(H,15,17). The SMILES string of the molecule is CC1(NC(=O)c2noc(C3CCCN3)n2)CCOC1. The van der Waals surface area contributed by atoms with E-state index in [1.807, 2.05) is 6.92 Å². The fourth-order valence-electron chi connectivity index (χ4n) is 2.46. The monoisotopic (exact) mass is 266 g/mol. The molecule has 2 fully saturated rings. The zero-order valence-electron chi connectivity index (χ0n) is 10.9. The van der Waals surface area contributed by atoms with Gasteiger partial charge in [0.25, 0.3) is 11.7 Å². The summed E-state index contributed by atoms with van der Waals surface area (Å²) in [6.07, 6.45) is 2.85. The van der Waals surface area contributed by atoms with Crippen LogP contribution in [0.4, 0.5) is 0 Å². The predicted molar refractivity (Wildman–Crippen MR) is 65.6 cm³/mol. The van der Waals surface area contributed by atoms with E-state index in [-0.39, 0.29) is 23.3 Å². The van der Waals surface area contributed by atoms with Crippen molar-refractivity contribution in [2.75, 3.05) is 19.8 Å². The summed E-state index contributed by atoms with van der Waals surface area (Å²) in [6, 6.07) is 0.0828. The average molecular weight is 266 g/mol. The highest BCUT2D eigenvalue weighted by atomic mass is 16.5. The van der Waals surface area contributed by atoms with Gasteiger partial charge >= 0.3 is 0 Å².